The Kier molecular flexibility index (Phi) is 15.1. The SMILES string of the molecule is CCN(C)N1C(=O)O[C@]2(C)[C@@H](C)OC(=O)C(C)(F)C(=O)[C@H](C)[C@@H](O[C@@H]3O[C@H](C)C[C@H](N(C)C)[C@H]3O)[C@@](C)(OCCNCc3ccnc4ccccc34)C[C@@H](C)C(N)[C@H](C)[C@@H]12. The fourth-order valence-corrected chi connectivity index (χ4v) is 9.52. The molecule has 1 amide bonds. The highest BCUT2D eigenvalue weighted by Crippen LogP contribution is 2.44. The van der Waals surface area contributed by atoms with E-state index in [1.165, 1.54) is 18.9 Å². The van der Waals surface area contributed by atoms with E-state index in [1.807, 2.05) is 77.0 Å². The summed E-state index contributed by atoms with van der Waals surface area (Å²) in [6.07, 6.45) is -3.34. The Hall–Kier alpha value is -3.35. The van der Waals surface area contributed by atoms with Gasteiger partial charge in [-0.05, 0) is 91.1 Å². The number of aliphatic hydroxyl groups excluding tert-OH is 1. The van der Waals surface area contributed by atoms with Gasteiger partial charge in [0.05, 0.1) is 36.0 Å². The second-order valence-electron chi connectivity index (χ2n) is 18.1. The van der Waals surface area contributed by atoms with Crippen molar-refractivity contribution in [1.29, 1.82) is 0 Å². The number of carbonyl (C=O) groups excluding carboxylic acids is 3. The molecule has 2 aromatic rings. The molecule has 0 radical (unpaired) electrons. The summed E-state index contributed by atoms with van der Waals surface area (Å²) in [5, 5.41) is 19.3. The van der Waals surface area contributed by atoms with Gasteiger partial charge in [0.1, 0.15) is 12.2 Å². The Morgan fingerprint density at radius 1 is 1.07 bits per heavy atom. The molecule has 4 N–H and O–H groups in total. The summed E-state index contributed by atoms with van der Waals surface area (Å²) in [5.74, 6) is -4.72. The van der Waals surface area contributed by atoms with Gasteiger partial charge in [0.25, 0.3) is 5.67 Å². The first-order valence-corrected chi connectivity index (χ1v) is 21.3. The van der Waals surface area contributed by atoms with Crippen molar-refractivity contribution in [1.82, 2.24) is 25.2 Å². The van der Waals surface area contributed by atoms with Gasteiger partial charge in [0.2, 0.25) is 0 Å². The lowest BCUT2D eigenvalue weighted by Gasteiger charge is -2.48. The number of hydrogen-bond acceptors (Lipinski definition) is 14. The number of aromatic nitrogens is 1. The molecule has 0 aliphatic carbocycles. The number of aliphatic hydroxyl groups is 1. The molecule has 14 atom stereocenters. The Bertz CT molecular complexity index is 1820. The van der Waals surface area contributed by atoms with Gasteiger partial charge in [-0.25, -0.2) is 24.0 Å². The molecule has 336 valence electrons. The lowest BCUT2D eigenvalue weighted by molar-refractivity contribution is -0.298. The number of amides is 1. The lowest BCUT2D eigenvalue weighted by atomic mass is 9.72. The highest BCUT2D eigenvalue weighted by atomic mass is 19.1. The van der Waals surface area contributed by atoms with Crippen LogP contribution in [0.25, 0.3) is 10.9 Å². The van der Waals surface area contributed by atoms with Crippen LogP contribution in [0.4, 0.5) is 9.18 Å². The lowest BCUT2D eigenvalue weighted by Crippen LogP contribution is -2.63. The van der Waals surface area contributed by atoms with Crippen molar-refractivity contribution in [3.8, 4) is 0 Å². The standard InChI is InChI=1S/C44H69FN6O9/c1-13-50(12)51-36-27(4)34(46)25(2)23-42(7,56-21-20-47-24-30-18-19-48-32-17-15-14-16-31(30)32)38(59-39-35(52)33(49(10)11)22-26(3)57-39)28(5)37(53)43(8,45)40(54)58-29(6)44(36,9)60-41(51)55/h14-19,25-29,33-36,38-39,47,52H,13,20-24,46H2,1-12H3/t25-,26-,27+,28+,29-,33+,34?,35-,36-,38-,39+,42+,43?,44-/m1/s1. The maximum absolute atomic E-state index is 17.0. The zero-order valence-electron chi connectivity index (χ0n) is 37.5. The van der Waals surface area contributed by atoms with Crippen LogP contribution in [0.15, 0.2) is 36.5 Å². The van der Waals surface area contributed by atoms with Crippen molar-refractivity contribution in [3.05, 3.63) is 42.1 Å². The van der Waals surface area contributed by atoms with E-state index < -0.39 is 83.2 Å². The Labute approximate surface area is 354 Å². The van der Waals surface area contributed by atoms with Gasteiger partial charge in [0, 0.05) is 56.3 Å². The van der Waals surface area contributed by atoms with Gasteiger partial charge in [-0.3, -0.25) is 9.78 Å². The first-order chi connectivity index (χ1) is 28.1. The number of nitrogens with zero attached hydrogens (tertiary/aromatic N) is 4. The summed E-state index contributed by atoms with van der Waals surface area (Å²) >= 11 is 0. The summed E-state index contributed by atoms with van der Waals surface area (Å²) in [5.41, 5.74) is 3.11. The molecule has 0 spiro atoms. The van der Waals surface area contributed by atoms with Crippen LogP contribution in [0.3, 0.4) is 0 Å². The Balaban J connectivity index is 1.56. The van der Waals surface area contributed by atoms with E-state index in [1.54, 1.807) is 32.1 Å². The Morgan fingerprint density at radius 2 is 1.75 bits per heavy atom. The Morgan fingerprint density at radius 3 is 2.42 bits per heavy atom. The van der Waals surface area contributed by atoms with Crippen LogP contribution in [0.1, 0.15) is 80.7 Å². The number of ketones is 1. The van der Waals surface area contributed by atoms with Crippen molar-refractivity contribution in [2.75, 3.05) is 40.8 Å². The van der Waals surface area contributed by atoms with Gasteiger partial charge in [-0.1, -0.05) is 45.9 Å². The van der Waals surface area contributed by atoms with Gasteiger partial charge in [-0.2, -0.15) is 0 Å². The number of para-hydroxylation sites is 1. The molecule has 60 heavy (non-hydrogen) atoms. The zero-order valence-corrected chi connectivity index (χ0v) is 37.5. The van der Waals surface area contributed by atoms with Crippen molar-refractivity contribution in [2.45, 2.75) is 147 Å². The fourth-order valence-electron chi connectivity index (χ4n) is 9.52. The molecule has 3 saturated heterocycles. The van der Waals surface area contributed by atoms with E-state index in [0.717, 1.165) is 23.4 Å². The molecule has 0 bridgehead atoms. The molecular weight excluding hydrogens is 776 g/mol. The van der Waals surface area contributed by atoms with Gasteiger partial charge < -0.3 is 44.7 Å². The number of nitrogens with two attached hydrogens (primary N) is 1. The van der Waals surface area contributed by atoms with Crippen molar-refractivity contribution in [3.63, 3.8) is 0 Å². The third-order valence-corrected chi connectivity index (χ3v) is 13.4. The van der Waals surface area contributed by atoms with Gasteiger partial charge in [0.15, 0.2) is 17.7 Å². The van der Waals surface area contributed by atoms with Gasteiger partial charge in [-0.15, -0.1) is 0 Å². The van der Waals surface area contributed by atoms with E-state index in [-0.39, 0.29) is 31.1 Å². The number of benzene rings is 1. The molecule has 1 aromatic carbocycles. The molecule has 16 heteroatoms. The number of alkyl halides is 1. The van der Waals surface area contributed by atoms with Crippen molar-refractivity contribution >= 4 is 28.7 Å². The van der Waals surface area contributed by atoms with Crippen LogP contribution in [-0.4, -0.2) is 149 Å². The van der Waals surface area contributed by atoms with Crippen LogP contribution < -0.4 is 11.1 Å². The normalized spacial score (nSPS) is 38.5. The number of hydrogen-bond donors (Lipinski definition) is 3. The van der Waals surface area contributed by atoms with Crippen molar-refractivity contribution < 1.29 is 47.6 Å². The number of ether oxygens (including phenoxy) is 5. The van der Waals surface area contributed by atoms with Crippen LogP contribution in [0.5, 0.6) is 0 Å². The second-order valence-corrected chi connectivity index (χ2v) is 18.1. The molecule has 4 heterocycles. The molecule has 3 aliphatic rings. The second kappa shape index (κ2) is 19.0. The van der Waals surface area contributed by atoms with Gasteiger partial charge >= 0.3 is 12.1 Å². The number of fused-ring (bicyclic) bond motifs is 2. The quantitative estimate of drug-likeness (QED) is 0.166. The summed E-state index contributed by atoms with van der Waals surface area (Å²) in [6.45, 7) is 16.4. The molecule has 5 rings (SSSR count). The van der Waals surface area contributed by atoms with Crippen LogP contribution >= 0.6 is 0 Å². The minimum absolute atomic E-state index is 0.132. The third-order valence-electron chi connectivity index (χ3n) is 13.4. The topological polar surface area (TPSA) is 178 Å². The molecule has 2 unspecified atom stereocenters. The predicted octanol–water partition coefficient (Wildman–Crippen LogP) is 4.23. The smallest absolute Gasteiger partial charge is 0.425 e. The van der Waals surface area contributed by atoms with Crippen LogP contribution in [0, 0.1) is 17.8 Å². The summed E-state index contributed by atoms with van der Waals surface area (Å²) < 4.78 is 48.6. The van der Waals surface area contributed by atoms with Crippen LogP contribution in [0.2, 0.25) is 0 Å². The average molecular weight is 845 g/mol. The third kappa shape index (κ3) is 9.50. The summed E-state index contributed by atoms with van der Waals surface area (Å²) in [4.78, 5) is 48.4. The number of nitrogens with one attached hydrogen (secondary N) is 1. The molecular formula is C44H69FN6O9. The minimum atomic E-state index is -3.16. The number of Topliss-reactive ketones (excluding diaryl/α,β-unsaturated/α-hetero) is 1. The zero-order chi connectivity index (χ0) is 44.5. The monoisotopic (exact) mass is 845 g/mol. The van der Waals surface area contributed by atoms with E-state index in [9.17, 15) is 19.5 Å². The predicted molar refractivity (Wildman–Crippen MR) is 224 cm³/mol. The number of esters is 1. The number of cyclic esters (lactones) is 1. The number of likely N-dealkylation sites (N-methyl/N-ethyl adjacent to an activating group) is 1. The molecule has 3 fully saturated rings. The number of hydrazine groups is 1. The fraction of sp³-hybridized carbons (Fsp3) is 0.727. The molecule has 1 aromatic heterocycles. The molecule has 15 nitrogen and oxygen atoms in total. The largest absolute Gasteiger partial charge is 0.456 e. The first kappa shape index (κ1) is 47.7. The minimum Gasteiger partial charge on any atom is -0.456 e. The molecule has 3 aliphatic heterocycles. The number of carbonyl (C=O) groups is 3. The summed E-state index contributed by atoms with van der Waals surface area (Å²) in [7, 11) is 5.45. The maximum atomic E-state index is 17.0. The van der Waals surface area contributed by atoms with E-state index in [4.69, 9.17) is 29.4 Å². The first-order valence-electron chi connectivity index (χ1n) is 21.3. The van der Waals surface area contributed by atoms with E-state index in [2.05, 4.69) is 10.3 Å². The number of pyridine rings is 1. The maximum Gasteiger partial charge on any atom is 0.425 e. The summed E-state index contributed by atoms with van der Waals surface area (Å²) in [6, 6.07) is 8.12. The van der Waals surface area contributed by atoms with Crippen molar-refractivity contribution in [2.24, 2.45) is 23.5 Å². The number of halogens is 1. The highest BCUT2D eigenvalue weighted by Gasteiger charge is 2.62. The van der Waals surface area contributed by atoms with Crippen LogP contribution in [-0.2, 0) is 39.8 Å². The molecule has 0 saturated carbocycles. The van der Waals surface area contributed by atoms with E-state index in [0.29, 0.717) is 26.1 Å². The van der Waals surface area contributed by atoms with E-state index >= 15 is 4.39 Å². The number of rotatable bonds is 11. The average Bonchev–Trinajstić information content (AvgIpc) is 3.49. The highest BCUT2D eigenvalue weighted by molar-refractivity contribution is 6.07.